The van der Waals surface area contributed by atoms with Gasteiger partial charge in [-0.2, -0.15) is 9.78 Å². The van der Waals surface area contributed by atoms with Crippen molar-refractivity contribution in [1.82, 2.24) is 14.7 Å². The van der Waals surface area contributed by atoms with E-state index in [-0.39, 0.29) is 6.03 Å². The van der Waals surface area contributed by atoms with Crippen molar-refractivity contribution in [3.05, 3.63) is 41.0 Å². The van der Waals surface area contributed by atoms with Crippen LogP contribution in [-0.4, -0.2) is 33.8 Å². The van der Waals surface area contributed by atoms with Gasteiger partial charge in [0.15, 0.2) is 0 Å². The Kier molecular flexibility index (Phi) is 5.31. The molecule has 0 N–H and O–H groups in total. The highest BCUT2D eigenvalue weighted by Gasteiger charge is 2.14. The van der Waals surface area contributed by atoms with Crippen molar-refractivity contribution in [2.75, 3.05) is 13.1 Å². The lowest BCUT2D eigenvalue weighted by Gasteiger charge is -2.17. The number of hydrogen-bond donors (Lipinski definition) is 0. The van der Waals surface area contributed by atoms with Crippen LogP contribution >= 0.6 is 23.4 Å². The third-order valence-corrected chi connectivity index (χ3v) is 4.73. The fraction of sp³-hybridized carbons (Fsp3) is 0.333. The van der Waals surface area contributed by atoms with Crippen molar-refractivity contribution in [1.29, 1.82) is 0 Å². The van der Waals surface area contributed by atoms with Crippen molar-refractivity contribution < 1.29 is 4.79 Å². The van der Waals surface area contributed by atoms with E-state index in [2.05, 4.69) is 5.10 Å². The molecule has 2 aromatic rings. The first kappa shape index (κ1) is 15.9. The molecule has 0 fully saturated rings. The molecule has 4 nitrogen and oxygen atoms in total. The summed E-state index contributed by atoms with van der Waals surface area (Å²) in [5.41, 5.74) is 1.02. The van der Waals surface area contributed by atoms with Crippen LogP contribution < -0.4 is 0 Å². The van der Waals surface area contributed by atoms with Gasteiger partial charge in [-0.05, 0) is 44.5 Å². The fourth-order valence-corrected chi connectivity index (χ4v) is 3.04. The van der Waals surface area contributed by atoms with Gasteiger partial charge in [0.25, 0.3) is 0 Å². The van der Waals surface area contributed by atoms with Gasteiger partial charge in [-0.3, -0.25) is 0 Å². The van der Waals surface area contributed by atoms with Gasteiger partial charge in [0.1, 0.15) is 5.03 Å². The van der Waals surface area contributed by atoms with Gasteiger partial charge < -0.3 is 4.90 Å². The molecule has 112 valence electrons. The lowest BCUT2D eigenvalue weighted by molar-refractivity contribution is 0.201. The first-order valence-corrected chi connectivity index (χ1v) is 8.04. The summed E-state index contributed by atoms with van der Waals surface area (Å²) in [7, 11) is 0. The van der Waals surface area contributed by atoms with E-state index in [4.69, 9.17) is 11.6 Å². The SMILES string of the molecule is CCN(CC)C(=O)n1ccc(Sc2cccc(Cl)c2C)n1. The summed E-state index contributed by atoms with van der Waals surface area (Å²) >= 11 is 7.62. The zero-order chi connectivity index (χ0) is 15.4. The summed E-state index contributed by atoms with van der Waals surface area (Å²) in [6.45, 7) is 7.23. The number of aromatic nitrogens is 2. The van der Waals surface area contributed by atoms with Crippen molar-refractivity contribution in [2.24, 2.45) is 0 Å². The van der Waals surface area contributed by atoms with E-state index >= 15 is 0 Å². The maximum Gasteiger partial charge on any atom is 0.344 e. The lowest BCUT2D eigenvalue weighted by Crippen LogP contribution is -2.34. The Bertz CT molecular complexity index is 638. The highest BCUT2D eigenvalue weighted by atomic mass is 35.5. The summed E-state index contributed by atoms with van der Waals surface area (Å²) in [4.78, 5) is 15.0. The van der Waals surface area contributed by atoms with Gasteiger partial charge in [-0.15, -0.1) is 0 Å². The second-order valence-electron chi connectivity index (χ2n) is 4.52. The van der Waals surface area contributed by atoms with Crippen LogP contribution in [0.15, 0.2) is 40.4 Å². The van der Waals surface area contributed by atoms with Crippen LogP contribution in [0.5, 0.6) is 0 Å². The minimum Gasteiger partial charge on any atom is -0.323 e. The zero-order valence-electron chi connectivity index (χ0n) is 12.3. The number of hydrogen-bond acceptors (Lipinski definition) is 3. The molecule has 0 unspecified atom stereocenters. The minimum absolute atomic E-state index is 0.102. The summed E-state index contributed by atoms with van der Waals surface area (Å²) in [5.74, 6) is 0. The van der Waals surface area contributed by atoms with Crippen molar-refractivity contribution >= 4 is 29.4 Å². The Labute approximate surface area is 134 Å². The van der Waals surface area contributed by atoms with Crippen molar-refractivity contribution in [3.63, 3.8) is 0 Å². The van der Waals surface area contributed by atoms with Crippen LogP contribution in [0.3, 0.4) is 0 Å². The highest BCUT2D eigenvalue weighted by Crippen LogP contribution is 2.32. The number of carbonyl (C=O) groups is 1. The molecule has 0 spiro atoms. The molecular formula is C15H18ClN3OS. The molecule has 0 saturated heterocycles. The number of carbonyl (C=O) groups excluding carboxylic acids is 1. The van der Waals surface area contributed by atoms with E-state index in [9.17, 15) is 4.79 Å². The number of rotatable bonds is 4. The average molecular weight is 324 g/mol. The molecule has 0 aliphatic rings. The van der Waals surface area contributed by atoms with Crippen LogP contribution in [0, 0.1) is 6.92 Å². The van der Waals surface area contributed by atoms with Gasteiger partial charge in [0, 0.05) is 29.2 Å². The number of nitrogens with zero attached hydrogens (tertiary/aromatic N) is 3. The molecule has 6 heteroatoms. The Morgan fingerprint density at radius 2 is 2.05 bits per heavy atom. The Morgan fingerprint density at radius 3 is 2.71 bits per heavy atom. The predicted molar refractivity (Wildman–Crippen MR) is 86.3 cm³/mol. The predicted octanol–water partition coefficient (Wildman–Crippen LogP) is 4.31. The van der Waals surface area contributed by atoms with Crippen LogP contribution in [0.25, 0.3) is 0 Å². The summed E-state index contributed by atoms with van der Waals surface area (Å²) in [6.07, 6.45) is 1.70. The molecule has 1 aromatic heterocycles. The zero-order valence-corrected chi connectivity index (χ0v) is 13.9. The molecule has 0 radical (unpaired) electrons. The lowest BCUT2D eigenvalue weighted by atomic mass is 10.2. The highest BCUT2D eigenvalue weighted by molar-refractivity contribution is 7.99. The second kappa shape index (κ2) is 7.00. The van der Waals surface area contributed by atoms with E-state index < -0.39 is 0 Å². The first-order chi connectivity index (χ1) is 10.1. The number of benzene rings is 1. The largest absolute Gasteiger partial charge is 0.344 e. The Morgan fingerprint density at radius 1 is 1.33 bits per heavy atom. The molecule has 1 amide bonds. The standard InChI is InChI=1S/C15H18ClN3OS/c1-4-18(5-2)15(20)19-10-9-14(17-19)21-13-8-6-7-12(16)11(13)3/h6-10H,4-5H2,1-3H3. The van der Waals surface area contributed by atoms with E-state index in [0.29, 0.717) is 13.1 Å². The van der Waals surface area contributed by atoms with Crippen molar-refractivity contribution in [2.45, 2.75) is 30.7 Å². The molecule has 1 heterocycles. The van der Waals surface area contributed by atoms with E-state index in [1.54, 1.807) is 11.1 Å². The third-order valence-electron chi connectivity index (χ3n) is 3.23. The van der Waals surface area contributed by atoms with Crippen LogP contribution in [-0.2, 0) is 0 Å². The Hall–Kier alpha value is -1.46. The molecule has 0 aliphatic carbocycles. The average Bonchev–Trinajstić information content (AvgIpc) is 2.93. The summed E-state index contributed by atoms with van der Waals surface area (Å²) < 4.78 is 1.38. The molecule has 0 aliphatic heterocycles. The smallest absolute Gasteiger partial charge is 0.323 e. The van der Waals surface area contributed by atoms with Gasteiger partial charge in [0.2, 0.25) is 0 Å². The molecule has 0 atom stereocenters. The second-order valence-corrected chi connectivity index (χ2v) is 5.99. The van der Waals surface area contributed by atoms with Crippen molar-refractivity contribution in [3.8, 4) is 0 Å². The number of halogens is 1. The van der Waals surface area contributed by atoms with Crippen LogP contribution in [0.1, 0.15) is 19.4 Å². The third kappa shape index (κ3) is 3.60. The van der Waals surface area contributed by atoms with E-state index in [1.807, 2.05) is 45.0 Å². The summed E-state index contributed by atoms with van der Waals surface area (Å²) in [5, 5.41) is 5.85. The van der Waals surface area contributed by atoms with Crippen LogP contribution in [0.2, 0.25) is 5.02 Å². The molecule has 0 saturated carbocycles. The number of amides is 1. The molecular weight excluding hydrogens is 306 g/mol. The molecule has 1 aromatic carbocycles. The fourth-order valence-electron chi connectivity index (χ4n) is 1.92. The topological polar surface area (TPSA) is 38.1 Å². The molecule has 2 rings (SSSR count). The normalized spacial score (nSPS) is 10.7. The first-order valence-electron chi connectivity index (χ1n) is 6.84. The minimum atomic E-state index is -0.102. The maximum absolute atomic E-state index is 12.2. The molecule has 0 bridgehead atoms. The quantitative estimate of drug-likeness (QED) is 0.841. The summed E-state index contributed by atoms with van der Waals surface area (Å²) in [6, 6.07) is 7.51. The van der Waals surface area contributed by atoms with Gasteiger partial charge in [0.05, 0.1) is 0 Å². The van der Waals surface area contributed by atoms with Gasteiger partial charge in [-0.1, -0.05) is 29.4 Å². The van der Waals surface area contributed by atoms with E-state index in [0.717, 1.165) is 20.5 Å². The molecule has 21 heavy (non-hydrogen) atoms. The van der Waals surface area contributed by atoms with Crippen LogP contribution in [0.4, 0.5) is 4.79 Å². The Balaban J connectivity index is 2.17. The van der Waals surface area contributed by atoms with Gasteiger partial charge in [-0.25, -0.2) is 4.79 Å². The maximum atomic E-state index is 12.2. The monoisotopic (exact) mass is 323 g/mol. The van der Waals surface area contributed by atoms with Gasteiger partial charge >= 0.3 is 6.03 Å². The van der Waals surface area contributed by atoms with E-state index in [1.165, 1.54) is 16.4 Å².